The van der Waals surface area contributed by atoms with Crippen molar-refractivity contribution in [2.75, 3.05) is 13.4 Å². The predicted octanol–water partition coefficient (Wildman–Crippen LogP) is 2.80. The third-order valence-electron chi connectivity index (χ3n) is 2.90. The van der Waals surface area contributed by atoms with Gasteiger partial charge in [0.2, 0.25) is 0 Å². The molecule has 0 saturated heterocycles. The van der Waals surface area contributed by atoms with E-state index in [9.17, 15) is 9.90 Å². The van der Waals surface area contributed by atoms with Crippen LogP contribution in [0.25, 0.3) is 5.57 Å². The van der Waals surface area contributed by atoms with Gasteiger partial charge in [0.1, 0.15) is 11.3 Å². The van der Waals surface area contributed by atoms with Crippen LogP contribution in [0.5, 0.6) is 0 Å². The highest BCUT2D eigenvalue weighted by Gasteiger charge is 2.25. The number of allylic oxidation sites excluding steroid dienone is 1. The number of carbonyl (C=O) groups excluding carboxylic acids is 1. The number of ether oxygens (including phenoxy) is 1. The fraction of sp³-hybridized carbons (Fsp3) is 0.308. The first-order chi connectivity index (χ1) is 8.17. The molecular weight excluding hydrogens is 236 g/mol. The van der Waals surface area contributed by atoms with Crippen LogP contribution < -0.4 is 0 Å². The van der Waals surface area contributed by atoms with Gasteiger partial charge in [0, 0.05) is 11.3 Å². The van der Waals surface area contributed by atoms with E-state index in [-0.39, 0.29) is 5.76 Å². The summed E-state index contributed by atoms with van der Waals surface area (Å²) < 4.78 is 4.73. The molecule has 1 aromatic rings. The van der Waals surface area contributed by atoms with E-state index in [0.717, 1.165) is 22.4 Å². The van der Waals surface area contributed by atoms with Crippen LogP contribution in [-0.2, 0) is 16.0 Å². The molecule has 0 saturated carbocycles. The number of benzene rings is 1. The highest BCUT2D eigenvalue weighted by Crippen LogP contribution is 2.33. The summed E-state index contributed by atoms with van der Waals surface area (Å²) in [5.41, 5.74) is 2.19. The molecular formula is C13H14O3S. The van der Waals surface area contributed by atoms with Crippen molar-refractivity contribution in [2.45, 2.75) is 17.7 Å². The number of aliphatic hydroxyl groups excluding tert-OH is 1. The lowest BCUT2D eigenvalue weighted by atomic mass is 9.89. The molecule has 3 nitrogen and oxygen atoms in total. The van der Waals surface area contributed by atoms with E-state index in [0.29, 0.717) is 12.0 Å². The van der Waals surface area contributed by atoms with Crippen LogP contribution >= 0.6 is 11.8 Å². The molecule has 0 atom stereocenters. The number of aryl methyl sites for hydroxylation is 1. The fourth-order valence-corrected chi connectivity index (χ4v) is 2.44. The summed E-state index contributed by atoms with van der Waals surface area (Å²) in [5, 5.41) is 9.85. The molecule has 0 amide bonds. The molecule has 0 radical (unpaired) electrons. The second-order valence-corrected chi connectivity index (χ2v) is 4.72. The monoisotopic (exact) mass is 250 g/mol. The van der Waals surface area contributed by atoms with Crippen LogP contribution in [0, 0.1) is 0 Å². The average molecular weight is 250 g/mol. The summed E-state index contributed by atoms with van der Waals surface area (Å²) in [4.78, 5) is 12.8. The number of rotatable bonds is 2. The van der Waals surface area contributed by atoms with Crippen molar-refractivity contribution in [3.8, 4) is 0 Å². The van der Waals surface area contributed by atoms with Crippen LogP contribution in [-0.4, -0.2) is 24.4 Å². The third-order valence-corrected chi connectivity index (χ3v) is 3.62. The van der Waals surface area contributed by atoms with Gasteiger partial charge < -0.3 is 9.84 Å². The Hall–Kier alpha value is -1.42. The Bertz CT molecular complexity index is 491. The van der Waals surface area contributed by atoms with Crippen molar-refractivity contribution >= 4 is 23.3 Å². The molecule has 1 aliphatic rings. The lowest BCUT2D eigenvalue weighted by molar-refractivity contribution is -0.133. The largest absolute Gasteiger partial charge is 0.511 e. The van der Waals surface area contributed by atoms with Crippen LogP contribution in [0.4, 0.5) is 0 Å². The summed E-state index contributed by atoms with van der Waals surface area (Å²) in [6, 6.07) is 5.97. The average Bonchev–Trinajstić information content (AvgIpc) is 2.37. The molecule has 1 aromatic carbocycles. The van der Waals surface area contributed by atoms with Crippen LogP contribution in [0.2, 0.25) is 0 Å². The van der Waals surface area contributed by atoms with Crippen molar-refractivity contribution in [2.24, 2.45) is 0 Å². The van der Waals surface area contributed by atoms with Gasteiger partial charge in [-0.15, -0.1) is 11.8 Å². The van der Waals surface area contributed by atoms with Gasteiger partial charge in [-0.3, -0.25) is 0 Å². The normalized spacial score (nSPS) is 14.5. The maximum absolute atomic E-state index is 11.7. The van der Waals surface area contributed by atoms with Crippen molar-refractivity contribution in [1.82, 2.24) is 0 Å². The van der Waals surface area contributed by atoms with E-state index in [2.05, 4.69) is 0 Å². The van der Waals surface area contributed by atoms with Gasteiger partial charge in [0.25, 0.3) is 0 Å². The smallest absolute Gasteiger partial charge is 0.341 e. The lowest BCUT2D eigenvalue weighted by Crippen LogP contribution is -2.13. The van der Waals surface area contributed by atoms with Gasteiger partial charge in [0.05, 0.1) is 7.11 Å². The molecule has 0 bridgehead atoms. The number of methoxy groups -OCH3 is 1. The van der Waals surface area contributed by atoms with E-state index < -0.39 is 5.97 Å². The van der Waals surface area contributed by atoms with E-state index in [4.69, 9.17) is 4.74 Å². The quantitative estimate of drug-likeness (QED) is 0.647. The third kappa shape index (κ3) is 2.17. The zero-order valence-electron chi connectivity index (χ0n) is 9.82. The summed E-state index contributed by atoms with van der Waals surface area (Å²) in [5.74, 6) is -0.343. The number of esters is 1. The standard InChI is InChI=1S/C13H14O3S/c1-16-13(15)12-10-7-9(17-2)5-3-8(10)4-6-11(12)14/h3,5,7,14H,4,6H2,1-2H3. The second kappa shape index (κ2) is 4.84. The highest BCUT2D eigenvalue weighted by molar-refractivity contribution is 7.98. The summed E-state index contributed by atoms with van der Waals surface area (Å²) in [6.45, 7) is 0. The molecule has 0 unspecified atom stereocenters. The van der Waals surface area contributed by atoms with Crippen molar-refractivity contribution in [3.05, 3.63) is 35.1 Å². The molecule has 1 aliphatic carbocycles. The van der Waals surface area contributed by atoms with Crippen LogP contribution in [0.1, 0.15) is 17.5 Å². The summed E-state index contributed by atoms with van der Waals surface area (Å²) in [6.07, 6.45) is 3.23. The topological polar surface area (TPSA) is 46.5 Å². The van der Waals surface area contributed by atoms with Gasteiger partial charge in [-0.2, -0.15) is 0 Å². The van der Waals surface area contributed by atoms with Crippen molar-refractivity contribution in [1.29, 1.82) is 0 Å². The van der Waals surface area contributed by atoms with E-state index in [1.807, 2.05) is 24.5 Å². The molecule has 0 heterocycles. The molecule has 1 N–H and O–H groups in total. The van der Waals surface area contributed by atoms with E-state index in [1.165, 1.54) is 7.11 Å². The second-order valence-electron chi connectivity index (χ2n) is 3.84. The molecule has 0 fully saturated rings. The number of hydrogen-bond donors (Lipinski definition) is 1. The van der Waals surface area contributed by atoms with E-state index in [1.54, 1.807) is 11.8 Å². The molecule has 0 spiro atoms. The Kier molecular flexibility index (Phi) is 3.43. The zero-order chi connectivity index (χ0) is 12.4. The predicted molar refractivity (Wildman–Crippen MR) is 68.1 cm³/mol. The Labute approximate surface area is 104 Å². The summed E-state index contributed by atoms with van der Waals surface area (Å²) >= 11 is 1.61. The van der Waals surface area contributed by atoms with E-state index >= 15 is 0 Å². The van der Waals surface area contributed by atoms with Gasteiger partial charge >= 0.3 is 5.97 Å². The Morgan fingerprint density at radius 1 is 1.41 bits per heavy atom. The minimum Gasteiger partial charge on any atom is -0.511 e. The molecule has 2 rings (SSSR count). The first-order valence-corrected chi connectivity index (χ1v) is 6.57. The van der Waals surface area contributed by atoms with Gasteiger partial charge in [-0.05, 0) is 35.9 Å². The van der Waals surface area contributed by atoms with Crippen LogP contribution in [0.3, 0.4) is 0 Å². The number of carbonyl (C=O) groups is 1. The molecule has 0 aliphatic heterocycles. The van der Waals surface area contributed by atoms with Gasteiger partial charge in [-0.1, -0.05) is 6.07 Å². The van der Waals surface area contributed by atoms with Crippen LogP contribution in [0.15, 0.2) is 28.9 Å². The van der Waals surface area contributed by atoms with Gasteiger partial charge in [0.15, 0.2) is 0 Å². The molecule has 0 aromatic heterocycles. The number of fused-ring (bicyclic) bond motifs is 1. The highest BCUT2D eigenvalue weighted by atomic mass is 32.2. The first-order valence-electron chi connectivity index (χ1n) is 5.35. The number of hydrogen-bond acceptors (Lipinski definition) is 4. The maximum atomic E-state index is 11.7. The Balaban J connectivity index is 2.56. The first kappa shape index (κ1) is 12.0. The number of thioether (sulfide) groups is 1. The minimum absolute atomic E-state index is 0.127. The molecule has 90 valence electrons. The molecule has 4 heteroatoms. The van der Waals surface area contributed by atoms with Crippen molar-refractivity contribution < 1.29 is 14.6 Å². The summed E-state index contributed by atoms with van der Waals surface area (Å²) in [7, 11) is 1.33. The number of aliphatic hydroxyl groups is 1. The fourth-order valence-electron chi connectivity index (χ4n) is 2.00. The maximum Gasteiger partial charge on any atom is 0.341 e. The molecule has 17 heavy (non-hydrogen) atoms. The SMILES string of the molecule is COC(=O)C1=C(O)CCc2ccc(SC)cc21. The minimum atomic E-state index is -0.471. The Morgan fingerprint density at radius 2 is 2.18 bits per heavy atom. The Morgan fingerprint density at radius 3 is 2.82 bits per heavy atom. The van der Waals surface area contributed by atoms with Gasteiger partial charge in [-0.25, -0.2) is 4.79 Å². The van der Waals surface area contributed by atoms with Crippen molar-refractivity contribution in [3.63, 3.8) is 0 Å². The zero-order valence-corrected chi connectivity index (χ0v) is 10.6. The lowest BCUT2D eigenvalue weighted by Gasteiger charge is -2.19.